The standard InChI is InChI=1S/C12H12O4/c1-7-2-3-8(6-10(7)14)12-11(15)9(13)4-5-16-12/h2-3,6,14-15H,4-5H2,1H3. The second-order valence-electron chi connectivity index (χ2n) is 3.70. The molecule has 0 bridgehead atoms. The summed E-state index contributed by atoms with van der Waals surface area (Å²) in [7, 11) is 0. The Hall–Kier alpha value is -1.97. The highest BCUT2D eigenvalue weighted by atomic mass is 16.5. The van der Waals surface area contributed by atoms with Gasteiger partial charge in [0.15, 0.2) is 5.76 Å². The number of phenols is 1. The number of aryl methyl sites for hydroxylation is 1. The first-order valence-electron chi connectivity index (χ1n) is 4.99. The third-order valence-electron chi connectivity index (χ3n) is 2.53. The van der Waals surface area contributed by atoms with Crippen LogP contribution >= 0.6 is 0 Å². The van der Waals surface area contributed by atoms with Gasteiger partial charge in [-0.1, -0.05) is 12.1 Å². The van der Waals surface area contributed by atoms with Crippen LogP contribution in [-0.2, 0) is 9.53 Å². The summed E-state index contributed by atoms with van der Waals surface area (Å²) in [6.07, 6.45) is 0.188. The van der Waals surface area contributed by atoms with Gasteiger partial charge in [0.25, 0.3) is 0 Å². The Morgan fingerprint density at radius 1 is 1.31 bits per heavy atom. The second kappa shape index (κ2) is 3.89. The average molecular weight is 220 g/mol. The maximum absolute atomic E-state index is 11.3. The molecular weight excluding hydrogens is 208 g/mol. The van der Waals surface area contributed by atoms with E-state index in [9.17, 15) is 15.0 Å². The minimum Gasteiger partial charge on any atom is -0.508 e. The number of phenolic OH excluding ortho intramolecular Hbond substituents is 1. The van der Waals surface area contributed by atoms with Crippen LogP contribution in [0, 0.1) is 6.92 Å². The number of carbonyl (C=O) groups excluding carboxylic acids is 1. The largest absolute Gasteiger partial charge is 0.508 e. The van der Waals surface area contributed by atoms with E-state index >= 15 is 0 Å². The molecular formula is C12H12O4. The first-order valence-corrected chi connectivity index (χ1v) is 4.99. The van der Waals surface area contributed by atoms with E-state index in [0.717, 1.165) is 5.56 Å². The first kappa shape index (κ1) is 10.5. The first-order chi connectivity index (χ1) is 7.59. The molecule has 0 atom stereocenters. The van der Waals surface area contributed by atoms with Gasteiger partial charge in [-0.3, -0.25) is 4.79 Å². The number of aromatic hydroxyl groups is 1. The van der Waals surface area contributed by atoms with Crippen LogP contribution in [0.15, 0.2) is 24.0 Å². The maximum Gasteiger partial charge on any atom is 0.204 e. The fraction of sp³-hybridized carbons (Fsp3) is 0.250. The van der Waals surface area contributed by atoms with Gasteiger partial charge < -0.3 is 14.9 Å². The molecule has 0 radical (unpaired) electrons. The summed E-state index contributed by atoms with van der Waals surface area (Å²) in [6, 6.07) is 4.87. The number of rotatable bonds is 1. The molecule has 4 nitrogen and oxygen atoms in total. The van der Waals surface area contributed by atoms with E-state index in [4.69, 9.17) is 4.74 Å². The van der Waals surface area contributed by atoms with Crippen LogP contribution in [0.5, 0.6) is 5.75 Å². The normalized spacial score (nSPS) is 16.2. The van der Waals surface area contributed by atoms with Gasteiger partial charge in [-0.25, -0.2) is 0 Å². The molecule has 1 aliphatic rings. The third-order valence-corrected chi connectivity index (χ3v) is 2.53. The van der Waals surface area contributed by atoms with Crippen LogP contribution in [0.2, 0.25) is 0 Å². The molecule has 1 aromatic carbocycles. The van der Waals surface area contributed by atoms with Crippen LogP contribution in [0.3, 0.4) is 0 Å². The number of benzene rings is 1. The maximum atomic E-state index is 11.3. The summed E-state index contributed by atoms with van der Waals surface area (Å²) in [5.74, 6) is -0.443. The lowest BCUT2D eigenvalue weighted by Crippen LogP contribution is -2.15. The summed E-state index contributed by atoms with van der Waals surface area (Å²) in [6.45, 7) is 2.02. The van der Waals surface area contributed by atoms with E-state index < -0.39 is 0 Å². The number of allylic oxidation sites excluding steroid dienone is 1. The van der Waals surface area contributed by atoms with E-state index in [1.54, 1.807) is 19.1 Å². The van der Waals surface area contributed by atoms with E-state index in [-0.39, 0.29) is 36.1 Å². The minimum absolute atomic E-state index is 0.111. The zero-order valence-corrected chi connectivity index (χ0v) is 8.86. The molecule has 0 saturated carbocycles. The molecule has 0 spiro atoms. The highest BCUT2D eigenvalue weighted by molar-refractivity contribution is 6.00. The number of Topliss-reactive ketones (excluding diaryl/α,β-unsaturated/α-hetero) is 1. The molecule has 2 rings (SSSR count). The topological polar surface area (TPSA) is 66.8 Å². The molecule has 0 fully saturated rings. The smallest absolute Gasteiger partial charge is 0.204 e. The van der Waals surface area contributed by atoms with Gasteiger partial charge in [-0.2, -0.15) is 0 Å². The third kappa shape index (κ3) is 1.74. The molecule has 0 saturated heterocycles. The van der Waals surface area contributed by atoms with Crippen LogP contribution in [0.4, 0.5) is 0 Å². The molecule has 0 unspecified atom stereocenters. The van der Waals surface area contributed by atoms with Crippen molar-refractivity contribution in [2.45, 2.75) is 13.3 Å². The molecule has 1 aliphatic heterocycles. The molecule has 0 amide bonds. The van der Waals surface area contributed by atoms with Gasteiger partial charge in [-0.15, -0.1) is 0 Å². The zero-order valence-electron chi connectivity index (χ0n) is 8.86. The molecule has 0 aromatic heterocycles. The van der Waals surface area contributed by atoms with Crippen molar-refractivity contribution in [2.75, 3.05) is 6.61 Å². The summed E-state index contributed by atoms with van der Waals surface area (Å²) in [5.41, 5.74) is 1.24. The van der Waals surface area contributed by atoms with Crippen molar-refractivity contribution in [1.82, 2.24) is 0 Å². The van der Waals surface area contributed by atoms with Crippen molar-refractivity contribution in [2.24, 2.45) is 0 Å². The highest BCUT2D eigenvalue weighted by Crippen LogP contribution is 2.28. The van der Waals surface area contributed by atoms with Crippen LogP contribution < -0.4 is 0 Å². The quantitative estimate of drug-likeness (QED) is 0.758. The monoisotopic (exact) mass is 220 g/mol. The van der Waals surface area contributed by atoms with E-state index in [1.165, 1.54) is 6.07 Å². The van der Waals surface area contributed by atoms with Gasteiger partial charge >= 0.3 is 0 Å². The van der Waals surface area contributed by atoms with Crippen LogP contribution in [-0.4, -0.2) is 22.6 Å². The van der Waals surface area contributed by atoms with Crippen LogP contribution in [0.1, 0.15) is 17.5 Å². The molecule has 2 N–H and O–H groups in total. The van der Waals surface area contributed by atoms with Crippen molar-refractivity contribution >= 4 is 11.5 Å². The van der Waals surface area contributed by atoms with Crippen molar-refractivity contribution in [3.8, 4) is 5.75 Å². The fourth-order valence-electron chi connectivity index (χ4n) is 1.53. The fourth-order valence-corrected chi connectivity index (χ4v) is 1.53. The molecule has 84 valence electrons. The SMILES string of the molecule is Cc1ccc(C2=C(O)C(=O)CCO2)cc1O. The van der Waals surface area contributed by atoms with Crippen molar-refractivity contribution < 1.29 is 19.7 Å². The van der Waals surface area contributed by atoms with E-state index in [2.05, 4.69) is 0 Å². The van der Waals surface area contributed by atoms with E-state index in [1.807, 2.05) is 0 Å². The number of aliphatic hydroxyl groups excluding tert-OH is 1. The Bertz CT molecular complexity index is 474. The van der Waals surface area contributed by atoms with E-state index in [0.29, 0.717) is 5.56 Å². The van der Waals surface area contributed by atoms with Gasteiger partial charge in [0, 0.05) is 12.0 Å². The van der Waals surface area contributed by atoms with Gasteiger partial charge in [0.05, 0.1) is 6.61 Å². The summed E-state index contributed by atoms with van der Waals surface area (Å²) in [5, 5.41) is 19.1. The Morgan fingerprint density at radius 2 is 2.06 bits per heavy atom. The zero-order chi connectivity index (χ0) is 11.7. The lowest BCUT2D eigenvalue weighted by Gasteiger charge is -2.17. The second-order valence-corrected chi connectivity index (χ2v) is 3.70. The van der Waals surface area contributed by atoms with Crippen molar-refractivity contribution in [3.05, 3.63) is 35.1 Å². The predicted molar refractivity (Wildman–Crippen MR) is 58.0 cm³/mol. The summed E-state index contributed by atoms with van der Waals surface area (Å²) < 4.78 is 5.24. The highest BCUT2D eigenvalue weighted by Gasteiger charge is 2.22. The predicted octanol–water partition coefficient (Wildman–Crippen LogP) is 1.92. The number of hydrogen-bond acceptors (Lipinski definition) is 4. The van der Waals surface area contributed by atoms with Crippen LogP contribution in [0.25, 0.3) is 5.76 Å². The minimum atomic E-state index is -0.366. The molecule has 1 heterocycles. The summed E-state index contributed by atoms with van der Waals surface area (Å²) in [4.78, 5) is 11.3. The molecule has 4 heteroatoms. The Morgan fingerprint density at radius 3 is 2.75 bits per heavy atom. The number of aliphatic hydroxyl groups is 1. The van der Waals surface area contributed by atoms with Gasteiger partial charge in [0.1, 0.15) is 5.75 Å². The van der Waals surface area contributed by atoms with Crippen molar-refractivity contribution in [3.63, 3.8) is 0 Å². The summed E-state index contributed by atoms with van der Waals surface area (Å²) >= 11 is 0. The van der Waals surface area contributed by atoms with Gasteiger partial charge in [0.2, 0.25) is 11.5 Å². The Kier molecular flexibility index (Phi) is 2.56. The number of ketones is 1. The molecule has 1 aromatic rings. The Labute approximate surface area is 92.8 Å². The van der Waals surface area contributed by atoms with Crippen molar-refractivity contribution in [1.29, 1.82) is 0 Å². The lowest BCUT2D eigenvalue weighted by molar-refractivity contribution is -0.119. The molecule has 16 heavy (non-hydrogen) atoms. The number of hydrogen-bond donors (Lipinski definition) is 2. The lowest BCUT2D eigenvalue weighted by atomic mass is 10.1. The average Bonchev–Trinajstić information content (AvgIpc) is 2.26. The molecule has 0 aliphatic carbocycles. The number of carbonyl (C=O) groups is 1. The van der Waals surface area contributed by atoms with Gasteiger partial charge in [-0.05, 0) is 18.6 Å². The Balaban J connectivity index is 2.47. The number of ether oxygens (including phenoxy) is 1.